The number of rotatable bonds is 4. The van der Waals surface area contributed by atoms with Crippen molar-refractivity contribution in [2.45, 2.75) is 45.6 Å². The Hall–Kier alpha value is -1.81. The van der Waals surface area contributed by atoms with Gasteiger partial charge in [0.25, 0.3) is 0 Å². The summed E-state index contributed by atoms with van der Waals surface area (Å²) in [6, 6.07) is 10.6. The van der Waals surface area contributed by atoms with Crippen molar-refractivity contribution in [3.05, 3.63) is 51.7 Å². The second-order valence-electron chi connectivity index (χ2n) is 6.04. The SMILES string of the molecule is CCCc1ccc(NC(=O)N2CCc3sccc3C2CC)cc1. The van der Waals surface area contributed by atoms with Gasteiger partial charge in [-0.25, -0.2) is 4.79 Å². The molecule has 1 N–H and O–H groups in total. The summed E-state index contributed by atoms with van der Waals surface area (Å²) in [4.78, 5) is 16.1. The molecule has 2 aromatic rings. The van der Waals surface area contributed by atoms with E-state index >= 15 is 0 Å². The summed E-state index contributed by atoms with van der Waals surface area (Å²) in [6.45, 7) is 5.12. The van der Waals surface area contributed by atoms with Gasteiger partial charge >= 0.3 is 6.03 Å². The number of anilines is 1. The number of nitrogens with one attached hydrogen (secondary N) is 1. The Bertz CT molecular complexity index is 662. The van der Waals surface area contributed by atoms with E-state index in [1.165, 1.54) is 16.0 Å². The molecule has 0 spiro atoms. The number of thiophene rings is 1. The van der Waals surface area contributed by atoms with E-state index in [9.17, 15) is 4.79 Å². The van der Waals surface area contributed by atoms with E-state index in [1.807, 2.05) is 28.4 Å². The van der Waals surface area contributed by atoms with Crippen molar-refractivity contribution >= 4 is 23.1 Å². The number of carbonyl (C=O) groups excluding carboxylic acids is 1. The number of amides is 2. The highest BCUT2D eigenvalue weighted by atomic mass is 32.1. The molecule has 3 nitrogen and oxygen atoms in total. The number of benzene rings is 1. The Morgan fingerprint density at radius 3 is 2.74 bits per heavy atom. The Kier molecular flexibility index (Phi) is 5.01. The first-order valence-electron chi connectivity index (χ1n) is 8.45. The van der Waals surface area contributed by atoms with Crippen molar-refractivity contribution in [3.63, 3.8) is 0 Å². The van der Waals surface area contributed by atoms with E-state index in [4.69, 9.17) is 0 Å². The molecule has 2 heterocycles. The van der Waals surface area contributed by atoms with Gasteiger partial charge in [0.15, 0.2) is 0 Å². The van der Waals surface area contributed by atoms with Crippen molar-refractivity contribution < 1.29 is 4.79 Å². The molecule has 23 heavy (non-hydrogen) atoms. The van der Waals surface area contributed by atoms with Crippen LogP contribution in [0.5, 0.6) is 0 Å². The minimum absolute atomic E-state index is 0.0111. The fourth-order valence-electron chi connectivity index (χ4n) is 3.32. The van der Waals surface area contributed by atoms with E-state index in [-0.39, 0.29) is 12.1 Å². The third kappa shape index (κ3) is 3.42. The van der Waals surface area contributed by atoms with Gasteiger partial charge in [0, 0.05) is 17.1 Å². The Balaban J connectivity index is 1.70. The number of hydrogen-bond donors (Lipinski definition) is 1. The minimum Gasteiger partial charge on any atom is -0.317 e. The molecule has 0 aliphatic carbocycles. The number of aryl methyl sites for hydroxylation is 1. The number of nitrogens with zero attached hydrogens (tertiary/aromatic N) is 1. The van der Waals surface area contributed by atoms with Gasteiger partial charge in [0.2, 0.25) is 0 Å². The van der Waals surface area contributed by atoms with Crippen LogP contribution in [0.1, 0.15) is 48.7 Å². The van der Waals surface area contributed by atoms with Gasteiger partial charge < -0.3 is 10.2 Å². The molecule has 0 radical (unpaired) electrons. The Morgan fingerprint density at radius 2 is 2.04 bits per heavy atom. The van der Waals surface area contributed by atoms with Crippen LogP contribution in [-0.2, 0) is 12.8 Å². The van der Waals surface area contributed by atoms with Gasteiger partial charge in [0.05, 0.1) is 6.04 Å². The lowest BCUT2D eigenvalue weighted by atomic mass is 9.98. The van der Waals surface area contributed by atoms with Crippen LogP contribution < -0.4 is 5.32 Å². The monoisotopic (exact) mass is 328 g/mol. The molecule has 1 aromatic carbocycles. The van der Waals surface area contributed by atoms with Crippen molar-refractivity contribution in [2.24, 2.45) is 0 Å². The topological polar surface area (TPSA) is 32.3 Å². The average molecular weight is 328 g/mol. The van der Waals surface area contributed by atoms with Gasteiger partial charge in [-0.05, 0) is 54.0 Å². The molecule has 0 bridgehead atoms. The van der Waals surface area contributed by atoms with Crippen LogP contribution in [0, 0.1) is 0 Å². The van der Waals surface area contributed by atoms with Gasteiger partial charge in [-0.15, -0.1) is 11.3 Å². The van der Waals surface area contributed by atoms with Crippen LogP contribution in [0.15, 0.2) is 35.7 Å². The highest BCUT2D eigenvalue weighted by Crippen LogP contribution is 2.35. The number of hydrogen-bond acceptors (Lipinski definition) is 2. The van der Waals surface area contributed by atoms with E-state index < -0.39 is 0 Å². The summed E-state index contributed by atoms with van der Waals surface area (Å²) in [5, 5.41) is 5.20. The van der Waals surface area contributed by atoms with Crippen LogP contribution in [-0.4, -0.2) is 17.5 Å². The molecule has 0 fully saturated rings. The third-order valence-electron chi connectivity index (χ3n) is 4.49. The predicted molar refractivity (Wildman–Crippen MR) is 97.2 cm³/mol. The lowest BCUT2D eigenvalue weighted by Gasteiger charge is -2.35. The number of carbonyl (C=O) groups is 1. The summed E-state index contributed by atoms with van der Waals surface area (Å²) < 4.78 is 0. The normalized spacial score (nSPS) is 17.0. The molecule has 1 aromatic heterocycles. The zero-order valence-electron chi connectivity index (χ0n) is 13.8. The minimum atomic E-state index is 0.0111. The number of fused-ring (bicyclic) bond motifs is 1. The summed E-state index contributed by atoms with van der Waals surface area (Å²) in [5.74, 6) is 0. The predicted octanol–water partition coefficient (Wildman–Crippen LogP) is 5.24. The molecular formula is C19H24N2OS. The van der Waals surface area contributed by atoms with Crippen LogP contribution in [0.4, 0.5) is 10.5 Å². The molecule has 1 atom stereocenters. The van der Waals surface area contributed by atoms with Crippen LogP contribution in [0.3, 0.4) is 0 Å². The maximum absolute atomic E-state index is 12.7. The standard InChI is InChI=1S/C19H24N2OS/c1-3-5-14-6-8-15(9-7-14)20-19(22)21-12-10-18-16(11-13-23-18)17(21)4-2/h6-9,11,13,17H,3-5,10,12H2,1-2H3,(H,20,22). The van der Waals surface area contributed by atoms with Crippen LogP contribution >= 0.6 is 11.3 Å². The maximum atomic E-state index is 12.7. The average Bonchev–Trinajstić information content (AvgIpc) is 3.04. The van der Waals surface area contributed by atoms with Crippen LogP contribution in [0.25, 0.3) is 0 Å². The van der Waals surface area contributed by atoms with Crippen molar-refractivity contribution in [1.29, 1.82) is 0 Å². The highest BCUT2D eigenvalue weighted by molar-refractivity contribution is 7.10. The van der Waals surface area contributed by atoms with E-state index in [2.05, 4.69) is 42.7 Å². The van der Waals surface area contributed by atoms with E-state index in [0.717, 1.165) is 37.9 Å². The van der Waals surface area contributed by atoms with Crippen molar-refractivity contribution in [3.8, 4) is 0 Å². The largest absolute Gasteiger partial charge is 0.322 e. The molecule has 1 aliphatic rings. The van der Waals surface area contributed by atoms with Gasteiger partial charge in [0.1, 0.15) is 0 Å². The molecule has 0 saturated heterocycles. The van der Waals surface area contributed by atoms with Crippen molar-refractivity contribution in [1.82, 2.24) is 4.90 Å². The smallest absolute Gasteiger partial charge is 0.317 e. The lowest BCUT2D eigenvalue weighted by Crippen LogP contribution is -2.41. The quantitative estimate of drug-likeness (QED) is 0.817. The van der Waals surface area contributed by atoms with Gasteiger partial charge in [-0.2, -0.15) is 0 Å². The molecule has 1 unspecified atom stereocenters. The Labute approximate surface area is 142 Å². The molecule has 4 heteroatoms. The second-order valence-corrected chi connectivity index (χ2v) is 7.04. The first-order chi connectivity index (χ1) is 11.2. The van der Waals surface area contributed by atoms with Gasteiger partial charge in [-0.3, -0.25) is 0 Å². The third-order valence-corrected chi connectivity index (χ3v) is 5.48. The molecule has 3 rings (SSSR count). The zero-order chi connectivity index (χ0) is 16.2. The highest BCUT2D eigenvalue weighted by Gasteiger charge is 2.30. The fourth-order valence-corrected chi connectivity index (χ4v) is 4.25. The van der Waals surface area contributed by atoms with Crippen molar-refractivity contribution in [2.75, 3.05) is 11.9 Å². The first-order valence-corrected chi connectivity index (χ1v) is 9.33. The lowest BCUT2D eigenvalue weighted by molar-refractivity contribution is 0.181. The molecule has 122 valence electrons. The zero-order valence-corrected chi connectivity index (χ0v) is 14.7. The van der Waals surface area contributed by atoms with E-state index in [1.54, 1.807) is 0 Å². The Morgan fingerprint density at radius 1 is 1.26 bits per heavy atom. The summed E-state index contributed by atoms with van der Waals surface area (Å²) in [6.07, 6.45) is 4.14. The first kappa shape index (κ1) is 16.1. The van der Waals surface area contributed by atoms with Gasteiger partial charge in [-0.1, -0.05) is 32.4 Å². The summed E-state index contributed by atoms with van der Waals surface area (Å²) in [5.41, 5.74) is 3.52. The molecule has 1 aliphatic heterocycles. The molecule has 0 saturated carbocycles. The number of urea groups is 1. The summed E-state index contributed by atoms with van der Waals surface area (Å²) >= 11 is 1.81. The summed E-state index contributed by atoms with van der Waals surface area (Å²) in [7, 11) is 0. The van der Waals surface area contributed by atoms with E-state index in [0.29, 0.717) is 0 Å². The molecular weight excluding hydrogens is 304 g/mol. The fraction of sp³-hybridized carbons (Fsp3) is 0.421. The maximum Gasteiger partial charge on any atom is 0.322 e. The molecule has 2 amide bonds. The second kappa shape index (κ2) is 7.18. The van der Waals surface area contributed by atoms with Crippen LogP contribution in [0.2, 0.25) is 0 Å².